The molecule has 0 aromatic heterocycles. The van der Waals surface area contributed by atoms with Gasteiger partial charge in [-0.2, -0.15) is 0 Å². The number of halogens is 2. The first-order valence-corrected chi connectivity index (χ1v) is 13.8. The van der Waals surface area contributed by atoms with Crippen molar-refractivity contribution in [2.75, 3.05) is 26.2 Å². The van der Waals surface area contributed by atoms with Crippen LogP contribution in [0.2, 0.25) is 5.02 Å². The van der Waals surface area contributed by atoms with Gasteiger partial charge in [0.1, 0.15) is 29.4 Å². The van der Waals surface area contributed by atoms with Gasteiger partial charge < -0.3 is 29.3 Å². The van der Waals surface area contributed by atoms with Crippen molar-refractivity contribution in [2.45, 2.75) is 85.1 Å². The van der Waals surface area contributed by atoms with E-state index in [0.717, 1.165) is 0 Å². The van der Waals surface area contributed by atoms with Crippen molar-refractivity contribution in [3.05, 3.63) is 57.5 Å². The van der Waals surface area contributed by atoms with Crippen LogP contribution in [0.25, 0.3) is 4.85 Å². The first kappa shape index (κ1) is 33.7. The maximum Gasteiger partial charge on any atom is 0.407 e. The van der Waals surface area contributed by atoms with E-state index >= 15 is 0 Å². The van der Waals surface area contributed by atoms with Gasteiger partial charge in [-0.05, 0) is 85.1 Å². The van der Waals surface area contributed by atoms with Gasteiger partial charge in [0.05, 0.1) is 13.2 Å². The maximum atomic E-state index is 14.2. The van der Waals surface area contributed by atoms with Crippen LogP contribution in [0.15, 0.2) is 29.7 Å². The molecule has 1 aliphatic rings. The van der Waals surface area contributed by atoms with Crippen molar-refractivity contribution in [1.82, 2.24) is 15.1 Å². The number of esters is 2. The number of nitrogens with zero attached hydrogens (tertiary/aromatic N) is 3. The van der Waals surface area contributed by atoms with E-state index in [0.29, 0.717) is 24.9 Å². The molecule has 1 fully saturated rings. The van der Waals surface area contributed by atoms with Crippen molar-refractivity contribution in [3.8, 4) is 0 Å². The monoisotopic (exact) mass is 594 g/mol. The number of piperidine rings is 1. The molecule has 1 atom stereocenters. The molecule has 0 unspecified atom stereocenters. The SMILES string of the molecule is [C-]#[N+]/C(C(=O)OC(C)(C)C)=C(\N(CC(=O)OCC)Cc1cc(F)ccc1Cl)N1CCC[C@@H](NC(=O)OC(C)(C)C)C1. The Morgan fingerprint density at radius 2 is 1.83 bits per heavy atom. The van der Waals surface area contributed by atoms with E-state index in [2.05, 4.69) is 10.2 Å². The summed E-state index contributed by atoms with van der Waals surface area (Å²) in [5.74, 6) is -1.95. The number of alkyl carbamates (subject to hydrolysis) is 1. The highest BCUT2D eigenvalue weighted by Gasteiger charge is 2.34. The predicted octanol–water partition coefficient (Wildman–Crippen LogP) is 5.26. The maximum absolute atomic E-state index is 14.2. The van der Waals surface area contributed by atoms with E-state index in [1.807, 2.05) is 0 Å². The van der Waals surface area contributed by atoms with Crippen LogP contribution in [0.5, 0.6) is 0 Å². The van der Waals surface area contributed by atoms with Crippen LogP contribution in [-0.4, -0.2) is 71.3 Å². The van der Waals surface area contributed by atoms with Crippen LogP contribution < -0.4 is 5.32 Å². The fourth-order valence-corrected chi connectivity index (χ4v) is 4.39. The summed E-state index contributed by atoms with van der Waals surface area (Å²) >= 11 is 6.37. The summed E-state index contributed by atoms with van der Waals surface area (Å²) < 4.78 is 30.3. The lowest BCUT2D eigenvalue weighted by Crippen LogP contribution is -2.51. The molecule has 0 spiro atoms. The highest BCUT2D eigenvalue weighted by atomic mass is 35.5. The van der Waals surface area contributed by atoms with Crippen LogP contribution in [0.4, 0.5) is 9.18 Å². The quantitative estimate of drug-likeness (QED) is 0.179. The van der Waals surface area contributed by atoms with Crippen molar-refractivity contribution < 1.29 is 33.0 Å². The summed E-state index contributed by atoms with van der Waals surface area (Å²) in [6, 6.07) is 3.44. The van der Waals surface area contributed by atoms with Crippen LogP contribution in [0.3, 0.4) is 0 Å². The Kier molecular flexibility index (Phi) is 11.8. The predicted molar refractivity (Wildman–Crippen MR) is 152 cm³/mol. The Hall–Kier alpha value is -3.52. The zero-order chi connectivity index (χ0) is 31.0. The van der Waals surface area contributed by atoms with Gasteiger partial charge in [-0.3, -0.25) is 9.59 Å². The van der Waals surface area contributed by atoms with Gasteiger partial charge in [0, 0.05) is 30.7 Å². The summed E-state index contributed by atoms with van der Waals surface area (Å²) in [6.07, 6.45) is 0.621. The second-order valence-corrected chi connectivity index (χ2v) is 12.0. The van der Waals surface area contributed by atoms with E-state index in [-0.39, 0.29) is 48.8 Å². The lowest BCUT2D eigenvalue weighted by atomic mass is 10.1. The fourth-order valence-electron chi connectivity index (χ4n) is 4.21. The van der Waals surface area contributed by atoms with Gasteiger partial charge in [-0.15, -0.1) is 0 Å². The van der Waals surface area contributed by atoms with Crippen molar-refractivity contribution in [2.24, 2.45) is 0 Å². The highest BCUT2D eigenvalue weighted by Crippen LogP contribution is 2.28. The zero-order valence-electron chi connectivity index (χ0n) is 24.8. The smallest absolute Gasteiger partial charge is 0.407 e. The molecule has 1 aliphatic heterocycles. The average Bonchev–Trinajstić information content (AvgIpc) is 2.82. The van der Waals surface area contributed by atoms with Gasteiger partial charge in [0.15, 0.2) is 0 Å². The topological polar surface area (TPSA) is 102 Å². The van der Waals surface area contributed by atoms with Gasteiger partial charge >= 0.3 is 23.7 Å². The highest BCUT2D eigenvalue weighted by molar-refractivity contribution is 6.31. The molecule has 1 saturated heterocycles. The number of hydrogen-bond acceptors (Lipinski definition) is 8. The number of likely N-dealkylation sites (tertiary alicyclic amines) is 1. The molecule has 0 bridgehead atoms. The Morgan fingerprint density at radius 1 is 1.17 bits per heavy atom. The van der Waals surface area contributed by atoms with Gasteiger partial charge in [0.2, 0.25) is 0 Å². The summed E-state index contributed by atoms with van der Waals surface area (Å²) in [5, 5.41) is 3.09. The van der Waals surface area contributed by atoms with Crippen molar-refractivity contribution >= 4 is 29.6 Å². The minimum Gasteiger partial charge on any atom is -0.465 e. The third-order valence-electron chi connectivity index (χ3n) is 5.65. The molecule has 0 radical (unpaired) electrons. The second kappa shape index (κ2) is 14.4. The molecular formula is C29H40ClFN4O6. The lowest BCUT2D eigenvalue weighted by Gasteiger charge is -2.41. The second-order valence-electron chi connectivity index (χ2n) is 11.6. The van der Waals surface area contributed by atoms with E-state index in [4.69, 9.17) is 32.4 Å². The van der Waals surface area contributed by atoms with Crippen LogP contribution in [0, 0.1) is 12.4 Å². The normalized spacial score (nSPS) is 16.2. The number of nitrogens with one attached hydrogen (secondary N) is 1. The van der Waals surface area contributed by atoms with Gasteiger partial charge in [-0.25, -0.2) is 14.0 Å². The van der Waals surface area contributed by atoms with Gasteiger partial charge in [-0.1, -0.05) is 11.6 Å². The molecule has 10 nitrogen and oxygen atoms in total. The molecular weight excluding hydrogens is 555 g/mol. The average molecular weight is 595 g/mol. The lowest BCUT2D eigenvalue weighted by molar-refractivity contribution is -0.150. The molecule has 1 aromatic rings. The largest absolute Gasteiger partial charge is 0.465 e. The summed E-state index contributed by atoms with van der Waals surface area (Å²) in [4.78, 5) is 45.4. The number of ether oxygens (including phenoxy) is 3. The fraction of sp³-hybridized carbons (Fsp3) is 0.586. The molecule has 12 heteroatoms. The van der Waals surface area contributed by atoms with E-state index in [9.17, 15) is 18.8 Å². The standard InChI is InChI=1S/C29H40ClFN4O6/c1-9-39-23(36)18-35(16-19-15-20(31)12-13-22(19)30)25(24(32-8)26(37)40-28(2,3)4)34-14-10-11-21(17-34)33-27(38)41-29(5,6)7/h12-13,15,21H,9-11,14,16-18H2,1-7H3,(H,33,38)/b25-24-/t21-/m1/s1. The number of hydrogen-bond donors (Lipinski definition) is 1. The van der Waals surface area contributed by atoms with E-state index < -0.39 is 35.1 Å². The Balaban J connectivity index is 2.62. The molecule has 1 N–H and O–H groups in total. The van der Waals surface area contributed by atoms with Crippen molar-refractivity contribution in [3.63, 3.8) is 0 Å². The molecule has 1 aromatic carbocycles. The minimum atomic E-state index is -0.904. The molecule has 1 heterocycles. The molecule has 226 valence electrons. The number of benzene rings is 1. The van der Waals surface area contributed by atoms with Gasteiger partial charge in [0.25, 0.3) is 0 Å². The Labute approximate surface area is 246 Å². The number of carbonyl (C=O) groups excluding carboxylic acids is 3. The number of rotatable bonds is 9. The van der Waals surface area contributed by atoms with E-state index in [1.165, 1.54) is 23.1 Å². The Morgan fingerprint density at radius 3 is 2.41 bits per heavy atom. The molecule has 1 amide bonds. The first-order valence-electron chi connectivity index (χ1n) is 13.5. The Bertz CT molecular complexity index is 1190. The third-order valence-corrected chi connectivity index (χ3v) is 6.02. The van der Waals surface area contributed by atoms with Crippen LogP contribution in [-0.2, 0) is 30.3 Å². The van der Waals surface area contributed by atoms with Crippen LogP contribution >= 0.6 is 11.6 Å². The molecule has 41 heavy (non-hydrogen) atoms. The zero-order valence-corrected chi connectivity index (χ0v) is 25.6. The molecule has 0 saturated carbocycles. The summed E-state index contributed by atoms with van der Waals surface area (Å²) in [7, 11) is 0. The molecule has 0 aliphatic carbocycles. The summed E-state index contributed by atoms with van der Waals surface area (Å²) in [5.41, 5.74) is -1.63. The number of amides is 1. The number of carbonyl (C=O) groups is 3. The molecule has 2 rings (SSSR count). The minimum absolute atomic E-state index is 0.0957. The van der Waals surface area contributed by atoms with Crippen molar-refractivity contribution in [1.29, 1.82) is 0 Å². The van der Waals surface area contributed by atoms with Crippen LogP contribution in [0.1, 0.15) is 66.9 Å². The summed E-state index contributed by atoms with van der Waals surface area (Å²) in [6.45, 7) is 20.1. The van der Waals surface area contributed by atoms with E-state index in [1.54, 1.807) is 53.4 Å². The third kappa shape index (κ3) is 11.1. The first-order chi connectivity index (χ1) is 19.0.